The highest BCUT2D eigenvalue weighted by atomic mass is 19.1. The minimum Gasteiger partial charge on any atom is -0.480 e. The third-order valence-electron chi connectivity index (χ3n) is 5.28. The Labute approximate surface area is 173 Å². The number of carboxylic acids is 1. The number of halogens is 3. The highest BCUT2D eigenvalue weighted by molar-refractivity contribution is 5.69. The van der Waals surface area contributed by atoms with E-state index in [1.165, 1.54) is 36.4 Å². The van der Waals surface area contributed by atoms with Gasteiger partial charge >= 0.3 is 5.97 Å². The van der Waals surface area contributed by atoms with Crippen LogP contribution >= 0.6 is 0 Å². The maximum Gasteiger partial charge on any atom is 0.317 e. The van der Waals surface area contributed by atoms with Crippen LogP contribution in [0.2, 0.25) is 0 Å². The number of carboxylic acid groups (broad SMARTS) is 1. The molecule has 0 aromatic heterocycles. The minimum atomic E-state index is -0.951. The van der Waals surface area contributed by atoms with E-state index in [9.17, 15) is 18.0 Å². The molecule has 0 aliphatic heterocycles. The maximum atomic E-state index is 13.7. The van der Waals surface area contributed by atoms with Crippen LogP contribution in [0, 0.1) is 17.5 Å². The standard InChI is InChI=1S/C24H22F3NO2/c1-28(16-23(29)30)15-14-24(17-2-8-20(25)9-3-17,18-4-10-21(26)11-5-18)19-6-12-22(27)13-7-19/h2-13H,14-16H2,1H3,(H,29,30). The molecule has 0 amide bonds. The van der Waals surface area contributed by atoms with E-state index in [1.807, 2.05) is 0 Å². The van der Waals surface area contributed by atoms with Crippen molar-refractivity contribution >= 4 is 5.97 Å². The van der Waals surface area contributed by atoms with Gasteiger partial charge < -0.3 is 5.11 Å². The van der Waals surface area contributed by atoms with E-state index in [0.29, 0.717) is 13.0 Å². The highest BCUT2D eigenvalue weighted by Crippen LogP contribution is 2.42. The summed E-state index contributed by atoms with van der Waals surface area (Å²) in [6.07, 6.45) is 0.416. The van der Waals surface area contributed by atoms with Crippen LogP contribution in [0.25, 0.3) is 0 Å². The quantitative estimate of drug-likeness (QED) is 0.537. The Kier molecular flexibility index (Phi) is 6.57. The van der Waals surface area contributed by atoms with Gasteiger partial charge in [0.1, 0.15) is 17.5 Å². The number of rotatable bonds is 8. The Balaban J connectivity index is 2.18. The summed E-state index contributed by atoms with van der Waals surface area (Å²) >= 11 is 0. The van der Waals surface area contributed by atoms with Gasteiger partial charge in [0.25, 0.3) is 0 Å². The first-order valence-electron chi connectivity index (χ1n) is 9.50. The SMILES string of the molecule is CN(CCC(c1ccc(F)cc1)(c1ccc(F)cc1)c1ccc(F)cc1)CC(=O)O. The smallest absolute Gasteiger partial charge is 0.317 e. The fourth-order valence-electron chi connectivity index (χ4n) is 3.80. The average Bonchev–Trinajstić information content (AvgIpc) is 2.71. The Bertz CT molecular complexity index is 876. The largest absolute Gasteiger partial charge is 0.480 e. The number of hydrogen-bond donors (Lipinski definition) is 1. The fraction of sp³-hybridized carbons (Fsp3) is 0.208. The molecule has 6 heteroatoms. The van der Waals surface area contributed by atoms with E-state index in [4.69, 9.17) is 5.11 Å². The molecule has 0 heterocycles. The fourth-order valence-corrected chi connectivity index (χ4v) is 3.80. The molecule has 3 nitrogen and oxygen atoms in total. The lowest BCUT2D eigenvalue weighted by molar-refractivity contribution is -0.138. The first-order chi connectivity index (χ1) is 14.3. The summed E-state index contributed by atoms with van der Waals surface area (Å²) in [7, 11) is 1.69. The van der Waals surface area contributed by atoms with Crippen molar-refractivity contribution < 1.29 is 23.1 Å². The first-order valence-corrected chi connectivity index (χ1v) is 9.50. The van der Waals surface area contributed by atoms with E-state index < -0.39 is 28.8 Å². The zero-order valence-electron chi connectivity index (χ0n) is 16.5. The third kappa shape index (κ3) is 4.71. The molecule has 0 aliphatic carbocycles. The molecule has 3 aromatic carbocycles. The number of nitrogens with zero attached hydrogens (tertiary/aromatic N) is 1. The molecule has 0 fully saturated rings. The van der Waals surface area contributed by atoms with Crippen molar-refractivity contribution in [3.63, 3.8) is 0 Å². The van der Waals surface area contributed by atoms with Gasteiger partial charge in [0, 0.05) is 5.41 Å². The summed E-state index contributed by atoms with van der Waals surface area (Å²) in [5, 5.41) is 9.09. The molecule has 1 N–H and O–H groups in total. The third-order valence-corrected chi connectivity index (χ3v) is 5.28. The van der Waals surface area contributed by atoms with Gasteiger partial charge in [-0.2, -0.15) is 0 Å². The molecule has 0 saturated carbocycles. The van der Waals surface area contributed by atoms with E-state index in [2.05, 4.69) is 0 Å². The molecule has 156 valence electrons. The Morgan fingerprint density at radius 3 is 1.40 bits per heavy atom. The van der Waals surface area contributed by atoms with E-state index in [1.54, 1.807) is 48.3 Å². The first kappa shape index (κ1) is 21.6. The van der Waals surface area contributed by atoms with Crippen molar-refractivity contribution in [2.75, 3.05) is 20.1 Å². The monoisotopic (exact) mass is 413 g/mol. The van der Waals surface area contributed by atoms with Crippen molar-refractivity contribution in [2.45, 2.75) is 11.8 Å². The molecule has 30 heavy (non-hydrogen) atoms. The second kappa shape index (κ2) is 9.13. The summed E-state index contributed by atoms with van der Waals surface area (Å²) in [5.41, 5.74) is 1.37. The van der Waals surface area contributed by atoms with E-state index in [-0.39, 0.29) is 6.54 Å². The molecular weight excluding hydrogens is 391 g/mol. The van der Waals surface area contributed by atoms with E-state index in [0.717, 1.165) is 16.7 Å². The van der Waals surface area contributed by atoms with Crippen molar-refractivity contribution in [1.82, 2.24) is 4.90 Å². The number of hydrogen-bond acceptors (Lipinski definition) is 2. The normalized spacial score (nSPS) is 11.6. The van der Waals surface area contributed by atoms with Crippen LogP contribution in [0.4, 0.5) is 13.2 Å². The van der Waals surface area contributed by atoms with Gasteiger partial charge in [-0.25, -0.2) is 13.2 Å². The van der Waals surface area contributed by atoms with Crippen molar-refractivity contribution in [3.8, 4) is 0 Å². The van der Waals surface area contributed by atoms with Gasteiger partial charge in [-0.3, -0.25) is 9.69 Å². The van der Waals surface area contributed by atoms with Gasteiger partial charge in [-0.15, -0.1) is 0 Å². The Morgan fingerprint density at radius 2 is 1.10 bits per heavy atom. The number of carbonyl (C=O) groups is 1. The van der Waals surface area contributed by atoms with Gasteiger partial charge in [0.15, 0.2) is 0 Å². The van der Waals surface area contributed by atoms with Gasteiger partial charge in [-0.05, 0) is 73.1 Å². The molecule has 3 rings (SSSR count). The van der Waals surface area contributed by atoms with Crippen molar-refractivity contribution in [3.05, 3.63) is 107 Å². The Hall–Kier alpha value is -3.12. The lowest BCUT2D eigenvalue weighted by Crippen LogP contribution is -2.36. The highest BCUT2D eigenvalue weighted by Gasteiger charge is 2.36. The molecule has 0 spiro atoms. The predicted molar refractivity (Wildman–Crippen MR) is 109 cm³/mol. The molecule has 0 atom stereocenters. The van der Waals surface area contributed by atoms with Gasteiger partial charge in [-0.1, -0.05) is 36.4 Å². The zero-order valence-corrected chi connectivity index (χ0v) is 16.5. The van der Waals surface area contributed by atoms with Crippen LogP contribution in [0.5, 0.6) is 0 Å². The zero-order chi connectivity index (χ0) is 21.7. The minimum absolute atomic E-state index is 0.146. The second-order valence-electron chi connectivity index (χ2n) is 7.31. The van der Waals surface area contributed by atoms with Crippen LogP contribution in [-0.2, 0) is 10.2 Å². The van der Waals surface area contributed by atoms with Crippen LogP contribution in [0.1, 0.15) is 23.1 Å². The van der Waals surface area contributed by atoms with Crippen molar-refractivity contribution in [1.29, 1.82) is 0 Å². The molecule has 3 aromatic rings. The average molecular weight is 413 g/mol. The van der Waals surface area contributed by atoms with E-state index >= 15 is 0 Å². The number of aliphatic carboxylic acids is 1. The molecule has 0 saturated heterocycles. The molecule has 0 aliphatic rings. The topological polar surface area (TPSA) is 40.5 Å². The summed E-state index contributed by atoms with van der Waals surface area (Å²) in [6, 6.07) is 18.0. The summed E-state index contributed by atoms with van der Waals surface area (Å²) in [4.78, 5) is 12.8. The summed E-state index contributed by atoms with van der Waals surface area (Å²) in [6.45, 7) is 0.241. The van der Waals surface area contributed by atoms with Gasteiger partial charge in [0.2, 0.25) is 0 Å². The maximum absolute atomic E-state index is 13.7. The van der Waals surface area contributed by atoms with Gasteiger partial charge in [0.05, 0.1) is 6.54 Å². The molecule has 0 bridgehead atoms. The lowest BCUT2D eigenvalue weighted by Gasteiger charge is -2.37. The molecule has 0 unspecified atom stereocenters. The molecular formula is C24H22F3NO2. The number of benzene rings is 3. The Morgan fingerprint density at radius 1 is 0.767 bits per heavy atom. The number of likely N-dealkylation sites (N-methyl/N-ethyl adjacent to an activating group) is 1. The summed E-state index contributed by atoms with van der Waals surface area (Å²) < 4.78 is 41.0. The van der Waals surface area contributed by atoms with Crippen LogP contribution in [0.15, 0.2) is 72.8 Å². The second-order valence-corrected chi connectivity index (χ2v) is 7.31. The lowest BCUT2D eigenvalue weighted by atomic mass is 9.67. The predicted octanol–water partition coefficient (Wildman–Crippen LogP) is 4.84. The van der Waals surface area contributed by atoms with Crippen LogP contribution in [-0.4, -0.2) is 36.1 Å². The summed E-state index contributed by atoms with van der Waals surface area (Å²) in [5.74, 6) is -2.13. The molecule has 0 radical (unpaired) electrons. The van der Waals surface area contributed by atoms with Crippen molar-refractivity contribution in [2.24, 2.45) is 0 Å². The van der Waals surface area contributed by atoms with Crippen LogP contribution < -0.4 is 0 Å². The van der Waals surface area contributed by atoms with Crippen LogP contribution in [0.3, 0.4) is 0 Å².